The number of aromatic nitrogens is 1. The average molecular weight is 251 g/mol. The first-order chi connectivity index (χ1) is 8.59. The third-order valence-corrected chi connectivity index (χ3v) is 3.61. The van der Waals surface area contributed by atoms with Crippen LogP contribution in [-0.4, -0.2) is 22.9 Å². The van der Waals surface area contributed by atoms with Crippen molar-refractivity contribution in [2.45, 2.75) is 52.7 Å². The highest BCUT2D eigenvalue weighted by Crippen LogP contribution is 2.31. The Morgan fingerprint density at radius 2 is 2.28 bits per heavy atom. The summed E-state index contributed by atoms with van der Waals surface area (Å²) in [5, 5.41) is 10.00. The summed E-state index contributed by atoms with van der Waals surface area (Å²) in [6.45, 7) is 8.94. The van der Waals surface area contributed by atoms with Gasteiger partial charge in [0.1, 0.15) is 0 Å². The molecule has 0 fully saturated rings. The molecule has 0 aliphatic heterocycles. The van der Waals surface area contributed by atoms with Crippen molar-refractivity contribution in [1.82, 2.24) is 4.57 Å². The minimum atomic E-state index is -0.259. The summed E-state index contributed by atoms with van der Waals surface area (Å²) in [6, 6.07) is 2.14. The Labute approximate surface area is 110 Å². The number of hydrogen-bond acceptors (Lipinski definition) is 2. The van der Waals surface area contributed by atoms with Gasteiger partial charge in [-0.25, -0.2) is 0 Å². The topological polar surface area (TPSA) is 34.4 Å². The van der Waals surface area contributed by atoms with E-state index in [0.717, 1.165) is 44.6 Å². The lowest BCUT2D eigenvalue weighted by Crippen LogP contribution is -2.16. The second-order valence-electron chi connectivity index (χ2n) is 5.72. The lowest BCUT2D eigenvalue weighted by Gasteiger charge is -2.20. The first kappa shape index (κ1) is 13.6. The quantitative estimate of drug-likeness (QED) is 0.817. The van der Waals surface area contributed by atoms with Gasteiger partial charge in [-0.15, -0.1) is 0 Å². The van der Waals surface area contributed by atoms with Crippen LogP contribution in [0.2, 0.25) is 0 Å². The van der Waals surface area contributed by atoms with Crippen LogP contribution in [0.3, 0.4) is 0 Å². The fraction of sp³-hybridized carbons (Fsp3) is 0.733. The molecule has 0 saturated carbocycles. The van der Waals surface area contributed by atoms with Crippen LogP contribution in [0.5, 0.6) is 0 Å². The maximum Gasteiger partial charge on any atom is 0.0807 e. The SMILES string of the molecule is Cc1cc2c(n1CCOCC(C)C)CCCC2O. The molecular weight excluding hydrogens is 226 g/mol. The van der Waals surface area contributed by atoms with E-state index in [1.165, 1.54) is 11.4 Å². The largest absolute Gasteiger partial charge is 0.388 e. The van der Waals surface area contributed by atoms with Crippen molar-refractivity contribution in [3.63, 3.8) is 0 Å². The highest BCUT2D eigenvalue weighted by Gasteiger charge is 2.22. The first-order valence-electron chi connectivity index (χ1n) is 7.04. The van der Waals surface area contributed by atoms with E-state index in [4.69, 9.17) is 4.74 Å². The number of hydrogen-bond donors (Lipinski definition) is 1. The summed E-state index contributed by atoms with van der Waals surface area (Å²) in [5.74, 6) is 0.589. The van der Waals surface area contributed by atoms with Crippen LogP contribution in [0.4, 0.5) is 0 Å². The summed E-state index contributed by atoms with van der Waals surface area (Å²) in [5.41, 5.74) is 3.70. The second kappa shape index (κ2) is 5.89. The van der Waals surface area contributed by atoms with Gasteiger partial charge in [0.15, 0.2) is 0 Å². The van der Waals surface area contributed by atoms with Crippen molar-refractivity contribution in [2.24, 2.45) is 5.92 Å². The van der Waals surface area contributed by atoms with Gasteiger partial charge in [0.05, 0.1) is 12.7 Å². The number of aliphatic hydroxyl groups is 1. The molecule has 1 unspecified atom stereocenters. The van der Waals surface area contributed by atoms with E-state index in [1.54, 1.807) is 0 Å². The zero-order valence-corrected chi connectivity index (χ0v) is 11.8. The standard InChI is InChI=1S/C15H25NO2/c1-11(2)10-18-8-7-16-12(3)9-13-14(16)5-4-6-15(13)17/h9,11,15,17H,4-8,10H2,1-3H3. The van der Waals surface area contributed by atoms with Crippen LogP contribution < -0.4 is 0 Å². The van der Waals surface area contributed by atoms with Crippen molar-refractivity contribution in [3.8, 4) is 0 Å². The summed E-state index contributed by atoms with van der Waals surface area (Å²) >= 11 is 0. The van der Waals surface area contributed by atoms with E-state index in [-0.39, 0.29) is 6.10 Å². The molecule has 0 bridgehead atoms. The van der Waals surface area contributed by atoms with Crippen molar-refractivity contribution in [2.75, 3.05) is 13.2 Å². The number of aliphatic hydroxyl groups excluding tert-OH is 1. The van der Waals surface area contributed by atoms with Gasteiger partial charge in [-0.2, -0.15) is 0 Å². The molecule has 1 aromatic heterocycles. The molecule has 1 atom stereocenters. The molecular formula is C15H25NO2. The Morgan fingerprint density at radius 1 is 1.50 bits per heavy atom. The molecule has 3 nitrogen and oxygen atoms in total. The van der Waals surface area contributed by atoms with Crippen LogP contribution in [-0.2, 0) is 17.7 Å². The normalized spacial score (nSPS) is 19.3. The molecule has 1 heterocycles. The summed E-state index contributed by atoms with van der Waals surface area (Å²) in [7, 11) is 0. The van der Waals surface area contributed by atoms with Gasteiger partial charge < -0.3 is 14.4 Å². The van der Waals surface area contributed by atoms with Gasteiger partial charge in [-0.05, 0) is 38.2 Å². The van der Waals surface area contributed by atoms with Gasteiger partial charge in [0.2, 0.25) is 0 Å². The molecule has 2 rings (SSSR count). The Kier molecular flexibility index (Phi) is 4.46. The number of nitrogens with zero attached hydrogens (tertiary/aromatic N) is 1. The predicted octanol–water partition coefficient (Wildman–Crippen LogP) is 2.84. The summed E-state index contributed by atoms with van der Waals surface area (Å²) in [4.78, 5) is 0. The monoisotopic (exact) mass is 251 g/mol. The molecule has 102 valence electrons. The third kappa shape index (κ3) is 2.96. The smallest absolute Gasteiger partial charge is 0.0807 e. The molecule has 0 saturated heterocycles. The molecule has 0 radical (unpaired) electrons. The molecule has 0 aromatic carbocycles. The van der Waals surface area contributed by atoms with Crippen LogP contribution in [0.1, 0.15) is 49.7 Å². The minimum Gasteiger partial charge on any atom is -0.388 e. The lowest BCUT2D eigenvalue weighted by atomic mass is 9.95. The fourth-order valence-electron chi connectivity index (χ4n) is 2.73. The van der Waals surface area contributed by atoms with Crippen LogP contribution in [0, 0.1) is 12.8 Å². The molecule has 1 aliphatic carbocycles. The van der Waals surface area contributed by atoms with Crippen molar-refractivity contribution >= 4 is 0 Å². The van der Waals surface area contributed by atoms with Crippen LogP contribution in [0.15, 0.2) is 6.07 Å². The molecule has 3 heteroatoms. The average Bonchev–Trinajstić information content (AvgIpc) is 2.63. The molecule has 0 spiro atoms. The molecule has 18 heavy (non-hydrogen) atoms. The highest BCUT2D eigenvalue weighted by atomic mass is 16.5. The Morgan fingerprint density at radius 3 is 3.00 bits per heavy atom. The molecule has 1 N–H and O–H groups in total. The van der Waals surface area contributed by atoms with E-state index in [0.29, 0.717) is 5.92 Å². The van der Waals surface area contributed by atoms with E-state index in [9.17, 15) is 5.11 Å². The molecule has 1 aromatic rings. The lowest BCUT2D eigenvalue weighted by molar-refractivity contribution is 0.102. The van der Waals surface area contributed by atoms with Crippen molar-refractivity contribution < 1.29 is 9.84 Å². The van der Waals surface area contributed by atoms with Crippen LogP contribution in [0.25, 0.3) is 0 Å². The second-order valence-corrected chi connectivity index (χ2v) is 5.72. The molecule has 0 amide bonds. The van der Waals surface area contributed by atoms with E-state index < -0.39 is 0 Å². The first-order valence-corrected chi connectivity index (χ1v) is 7.04. The van der Waals surface area contributed by atoms with Crippen molar-refractivity contribution in [3.05, 3.63) is 23.0 Å². The van der Waals surface area contributed by atoms with Crippen molar-refractivity contribution in [1.29, 1.82) is 0 Å². The van der Waals surface area contributed by atoms with Gasteiger partial charge in [0, 0.05) is 30.1 Å². The number of aryl methyl sites for hydroxylation is 1. The van der Waals surface area contributed by atoms with E-state index >= 15 is 0 Å². The zero-order chi connectivity index (χ0) is 13.1. The minimum absolute atomic E-state index is 0.259. The zero-order valence-electron chi connectivity index (χ0n) is 11.8. The maximum absolute atomic E-state index is 10.00. The van der Waals surface area contributed by atoms with Crippen LogP contribution >= 0.6 is 0 Å². The number of fused-ring (bicyclic) bond motifs is 1. The summed E-state index contributed by atoms with van der Waals surface area (Å²) in [6.07, 6.45) is 2.82. The molecule has 1 aliphatic rings. The highest BCUT2D eigenvalue weighted by molar-refractivity contribution is 5.31. The summed E-state index contributed by atoms with van der Waals surface area (Å²) < 4.78 is 7.98. The predicted molar refractivity (Wildman–Crippen MR) is 72.7 cm³/mol. The van der Waals surface area contributed by atoms with Gasteiger partial charge >= 0.3 is 0 Å². The third-order valence-electron chi connectivity index (χ3n) is 3.61. The van der Waals surface area contributed by atoms with E-state index in [1.807, 2.05) is 0 Å². The number of rotatable bonds is 5. The number of ether oxygens (including phenoxy) is 1. The Balaban J connectivity index is 2.00. The van der Waals surface area contributed by atoms with Gasteiger partial charge in [-0.3, -0.25) is 0 Å². The Bertz CT molecular complexity index is 395. The Hall–Kier alpha value is -0.800. The van der Waals surface area contributed by atoms with Gasteiger partial charge in [0.25, 0.3) is 0 Å². The maximum atomic E-state index is 10.00. The van der Waals surface area contributed by atoms with Gasteiger partial charge in [-0.1, -0.05) is 13.8 Å². The van der Waals surface area contributed by atoms with E-state index in [2.05, 4.69) is 31.4 Å². The fourth-order valence-corrected chi connectivity index (χ4v) is 2.73.